The first-order valence-corrected chi connectivity index (χ1v) is 9.70. The van der Waals surface area contributed by atoms with Crippen molar-refractivity contribution in [2.75, 3.05) is 5.32 Å². The summed E-state index contributed by atoms with van der Waals surface area (Å²) in [6.45, 7) is 1.92. The van der Waals surface area contributed by atoms with Crippen molar-refractivity contribution in [1.29, 1.82) is 0 Å². The molecule has 5 nitrogen and oxygen atoms in total. The minimum atomic E-state index is -0.458. The van der Waals surface area contributed by atoms with Crippen LogP contribution in [0, 0.1) is 6.92 Å². The lowest BCUT2D eigenvalue weighted by Crippen LogP contribution is -2.15. The maximum absolute atomic E-state index is 12.5. The van der Waals surface area contributed by atoms with Crippen LogP contribution in [0.5, 0.6) is 0 Å². The maximum atomic E-state index is 12.5. The number of hydrogen-bond acceptors (Lipinski definition) is 5. The van der Waals surface area contributed by atoms with Gasteiger partial charge in [0.15, 0.2) is 5.13 Å². The molecule has 0 saturated carbocycles. The first-order chi connectivity index (χ1) is 13.6. The highest BCUT2D eigenvalue weighted by molar-refractivity contribution is 7.15. The Bertz CT molecular complexity index is 1200. The molecule has 4 rings (SSSR count). The maximum Gasteiger partial charge on any atom is 0.336 e. The first kappa shape index (κ1) is 18.1. The minimum absolute atomic E-state index is 0.0821. The van der Waals surface area contributed by atoms with Crippen molar-refractivity contribution in [1.82, 2.24) is 4.98 Å². The Hall–Kier alpha value is -3.25. The zero-order valence-corrected chi connectivity index (χ0v) is 16.1. The number of benzene rings is 2. The van der Waals surface area contributed by atoms with Crippen LogP contribution in [0.2, 0.25) is 0 Å². The normalized spacial score (nSPS) is 10.9. The fourth-order valence-electron chi connectivity index (χ4n) is 3.06. The Morgan fingerprint density at radius 1 is 1.14 bits per heavy atom. The summed E-state index contributed by atoms with van der Waals surface area (Å²) < 4.78 is 5.25. The van der Waals surface area contributed by atoms with E-state index in [1.165, 1.54) is 23.0 Å². The second-order valence-electron chi connectivity index (χ2n) is 6.61. The van der Waals surface area contributed by atoms with Crippen LogP contribution in [0.4, 0.5) is 5.13 Å². The van der Waals surface area contributed by atoms with E-state index in [2.05, 4.69) is 22.4 Å². The first-order valence-electron chi connectivity index (χ1n) is 8.89. The van der Waals surface area contributed by atoms with Crippen LogP contribution in [0.3, 0.4) is 0 Å². The molecule has 2 aromatic heterocycles. The van der Waals surface area contributed by atoms with E-state index < -0.39 is 5.63 Å². The van der Waals surface area contributed by atoms with Gasteiger partial charge in [0.05, 0.1) is 6.42 Å². The Kier molecular flexibility index (Phi) is 5.04. The molecule has 0 spiro atoms. The fraction of sp³-hybridized carbons (Fsp3) is 0.136. The third kappa shape index (κ3) is 4.18. The van der Waals surface area contributed by atoms with Crippen molar-refractivity contribution in [3.8, 4) is 0 Å². The number of rotatable bonds is 5. The molecule has 140 valence electrons. The number of anilines is 1. The predicted octanol–water partition coefficient (Wildman–Crippen LogP) is 4.33. The van der Waals surface area contributed by atoms with E-state index in [4.69, 9.17) is 4.42 Å². The van der Waals surface area contributed by atoms with Crippen LogP contribution in [0.15, 0.2) is 70.0 Å². The van der Waals surface area contributed by atoms with E-state index in [1.807, 2.05) is 37.3 Å². The zero-order valence-electron chi connectivity index (χ0n) is 15.3. The van der Waals surface area contributed by atoms with Crippen molar-refractivity contribution >= 4 is 33.3 Å². The van der Waals surface area contributed by atoms with Crippen molar-refractivity contribution in [2.45, 2.75) is 19.8 Å². The summed E-state index contributed by atoms with van der Waals surface area (Å²) in [6, 6.07) is 17.1. The summed E-state index contributed by atoms with van der Waals surface area (Å²) in [5.74, 6) is -0.215. The summed E-state index contributed by atoms with van der Waals surface area (Å²) in [4.78, 5) is 29.7. The summed E-state index contributed by atoms with van der Waals surface area (Å²) >= 11 is 1.45. The van der Waals surface area contributed by atoms with Crippen molar-refractivity contribution in [3.05, 3.63) is 92.8 Å². The van der Waals surface area contributed by atoms with Crippen LogP contribution < -0.4 is 10.9 Å². The average molecular weight is 390 g/mol. The van der Waals surface area contributed by atoms with Crippen LogP contribution in [-0.4, -0.2) is 10.9 Å². The van der Waals surface area contributed by atoms with E-state index in [0.29, 0.717) is 16.3 Å². The number of thiazole rings is 1. The van der Waals surface area contributed by atoms with Gasteiger partial charge in [-0.1, -0.05) is 42.5 Å². The third-order valence-corrected chi connectivity index (χ3v) is 5.27. The monoisotopic (exact) mass is 390 g/mol. The van der Waals surface area contributed by atoms with Gasteiger partial charge in [0.2, 0.25) is 5.91 Å². The molecular weight excluding hydrogens is 372 g/mol. The summed E-state index contributed by atoms with van der Waals surface area (Å²) in [6.07, 6.45) is 2.64. The molecule has 4 aromatic rings. The molecule has 0 aliphatic carbocycles. The highest BCUT2D eigenvalue weighted by Gasteiger charge is 2.12. The lowest BCUT2D eigenvalue weighted by atomic mass is 10.1. The number of carbonyl (C=O) groups is 1. The SMILES string of the molecule is Cc1ccc2c(CC(=O)Nc3ncc(Cc4ccccc4)s3)cc(=O)oc2c1. The van der Waals surface area contributed by atoms with Crippen molar-refractivity contribution < 1.29 is 9.21 Å². The predicted molar refractivity (Wildman–Crippen MR) is 111 cm³/mol. The number of aromatic nitrogens is 1. The molecule has 0 saturated heterocycles. The van der Waals surface area contributed by atoms with Gasteiger partial charge >= 0.3 is 5.63 Å². The van der Waals surface area contributed by atoms with Crippen molar-refractivity contribution in [3.63, 3.8) is 0 Å². The second kappa shape index (κ2) is 7.78. The van der Waals surface area contributed by atoms with E-state index in [1.54, 1.807) is 12.3 Å². The van der Waals surface area contributed by atoms with Gasteiger partial charge in [-0.15, -0.1) is 11.3 Å². The second-order valence-corrected chi connectivity index (χ2v) is 7.72. The van der Waals surface area contributed by atoms with E-state index in [-0.39, 0.29) is 12.3 Å². The summed E-state index contributed by atoms with van der Waals surface area (Å²) in [5.41, 5.74) is 2.87. The van der Waals surface area contributed by atoms with Crippen molar-refractivity contribution in [2.24, 2.45) is 0 Å². The number of hydrogen-bond donors (Lipinski definition) is 1. The van der Waals surface area contributed by atoms with Gasteiger partial charge in [0.25, 0.3) is 0 Å². The highest BCUT2D eigenvalue weighted by Crippen LogP contribution is 2.22. The molecule has 1 amide bonds. The number of fused-ring (bicyclic) bond motifs is 1. The molecule has 0 radical (unpaired) electrons. The number of aryl methyl sites for hydroxylation is 1. The van der Waals surface area contributed by atoms with Crippen LogP contribution >= 0.6 is 11.3 Å². The fourth-order valence-corrected chi connectivity index (χ4v) is 3.93. The number of carbonyl (C=O) groups excluding carboxylic acids is 1. The molecule has 0 aliphatic heterocycles. The number of amides is 1. The smallest absolute Gasteiger partial charge is 0.336 e. The lowest BCUT2D eigenvalue weighted by Gasteiger charge is -2.06. The number of nitrogens with one attached hydrogen (secondary N) is 1. The standard InChI is InChI=1S/C22H18N2O3S/c1-14-7-8-18-16(12-21(26)27-19(18)9-14)11-20(25)24-22-23-13-17(28-22)10-15-5-3-2-4-6-15/h2-9,12-13H,10-11H2,1H3,(H,23,24,25). The van der Waals surface area contributed by atoms with Gasteiger partial charge in [-0.05, 0) is 29.7 Å². The number of nitrogens with zero attached hydrogens (tertiary/aromatic N) is 1. The largest absolute Gasteiger partial charge is 0.423 e. The van der Waals surface area contributed by atoms with Crippen LogP contribution in [0.1, 0.15) is 21.6 Å². The molecule has 2 heterocycles. The molecule has 6 heteroatoms. The summed E-state index contributed by atoms with van der Waals surface area (Å²) in [5, 5.41) is 4.15. The Balaban J connectivity index is 1.48. The molecule has 28 heavy (non-hydrogen) atoms. The van der Waals surface area contributed by atoms with Crippen LogP contribution in [0.25, 0.3) is 11.0 Å². The molecule has 1 N–H and O–H groups in total. The average Bonchev–Trinajstić information content (AvgIpc) is 3.08. The molecule has 0 aliphatic rings. The lowest BCUT2D eigenvalue weighted by molar-refractivity contribution is -0.115. The van der Waals surface area contributed by atoms with Gasteiger partial charge in [-0.2, -0.15) is 0 Å². The molecule has 0 unspecified atom stereocenters. The molecule has 0 atom stereocenters. The van der Waals surface area contributed by atoms with E-state index in [0.717, 1.165) is 22.2 Å². The van der Waals surface area contributed by atoms with Crippen LogP contribution in [-0.2, 0) is 17.6 Å². The summed E-state index contributed by atoms with van der Waals surface area (Å²) in [7, 11) is 0. The van der Waals surface area contributed by atoms with Gasteiger partial charge < -0.3 is 9.73 Å². The molecule has 0 bridgehead atoms. The Morgan fingerprint density at radius 3 is 2.79 bits per heavy atom. The zero-order chi connectivity index (χ0) is 19.5. The molecule has 2 aromatic carbocycles. The Labute approximate surface area is 165 Å². The minimum Gasteiger partial charge on any atom is -0.423 e. The van der Waals surface area contributed by atoms with Gasteiger partial charge in [-0.3, -0.25) is 4.79 Å². The van der Waals surface area contributed by atoms with Gasteiger partial charge in [0, 0.05) is 28.9 Å². The topological polar surface area (TPSA) is 72.2 Å². The molecule has 0 fully saturated rings. The van der Waals surface area contributed by atoms with E-state index >= 15 is 0 Å². The Morgan fingerprint density at radius 2 is 1.96 bits per heavy atom. The quantitative estimate of drug-likeness (QED) is 0.515. The van der Waals surface area contributed by atoms with E-state index in [9.17, 15) is 9.59 Å². The van der Waals surface area contributed by atoms with Gasteiger partial charge in [-0.25, -0.2) is 9.78 Å². The third-order valence-electron chi connectivity index (χ3n) is 4.36. The van der Waals surface area contributed by atoms with Gasteiger partial charge in [0.1, 0.15) is 5.58 Å². The highest BCUT2D eigenvalue weighted by atomic mass is 32.1. The molecular formula is C22H18N2O3S.